The molecule has 0 saturated carbocycles. The van der Waals surface area contributed by atoms with Crippen molar-refractivity contribution < 1.29 is 8.42 Å². The van der Waals surface area contributed by atoms with E-state index in [1.807, 2.05) is 33.8 Å². The average Bonchev–Trinajstić information content (AvgIpc) is 2.89. The van der Waals surface area contributed by atoms with Crippen LogP contribution >= 0.6 is 0 Å². The van der Waals surface area contributed by atoms with E-state index in [1.54, 1.807) is 0 Å². The molecule has 1 fully saturated rings. The first kappa shape index (κ1) is 16.5. The van der Waals surface area contributed by atoms with Crippen LogP contribution in [0.15, 0.2) is 11.0 Å². The quantitative estimate of drug-likeness (QED) is 0.877. The largest absolute Gasteiger partial charge is 0.314 e. The Bertz CT molecular complexity index is 591. The topological polar surface area (TPSA) is 58.2 Å². The van der Waals surface area contributed by atoms with Crippen LogP contribution in [0.3, 0.4) is 0 Å². The first-order valence-electron chi connectivity index (χ1n) is 7.63. The molecule has 1 atom stereocenters. The molecule has 0 unspecified atom stereocenters. The van der Waals surface area contributed by atoms with Gasteiger partial charge in [0.05, 0.1) is 4.90 Å². The molecule has 1 aliphatic heterocycles. The highest BCUT2D eigenvalue weighted by Crippen LogP contribution is 2.25. The van der Waals surface area contributed by atoms with Crippen LogP contribution in [-0.4, -0.2) is 27.5 Å². The fourth-order valence-electron chi connectivity index (χ4n) is 3.03. The lowest BCUT2D eigenvalue weighted by Gasteiger charge is -2.17. The van der Waals surface area contributed by atoms with E-state index in [9.17, 15) is 8.42 Å². The molecule has 2 N–H and O–H groups in total. The fourth-order valence-corrected chi connectivity index (χ4v) is 4.69. The van der Waals surface area contributed by atoms with Crippen LogP contribution in [0.2, 0.25) is 0 Å². The number of nitrogens with one attached hydrogen (secondary N) is 2. The van der Waals surface area contributed by atoms with Gasteiger partial charge < -0.3 is 5.32 Å². The highest BCUT2D eigenvalue weighted by molar-refractivity contribution is 7.89. The molecule has 1 aromatic rings. The number of sulfonamides is 1. The van der Waals surface area contributed by atoms with E-state index in [2.05, 4.69) is 10.0 Å². The predicted molar refractivity (Wildman–Crippen MR) is 86.2 cm³/mol. The molecule has 0 bridgehead atoms. The summed E-state index contributed by atoms with van der Waals surface area (Å²) in [6.45, 7) is 9.23. The lowest BCUT2D eigenvalue weighted by atomic mass is 10.0. The van der Waals surface area contributed by atoms with Crippen LogP contribution in [0.4, 0.5) is 0 Å². The maximum Gasteiger partial charge on any atom is 0.241 e. The molecule has 0 amide bonds. The van der Waals surface area contributed by atoms with Crippen LogP contribution in [0.25, 0.3) is 0 Å². The van der Waals surface area contributed by atoms with Gasteiger partial charge in [-0.05, 0) is 75.8 Å². The lowest BCUT2D eigenvalue weighted by molar-refractivity contribution is 0.539. The van der Waals surface area contributed by atoms with Crippen molar-refractivity contribution in [3.05, 3.63) is 28.3 Å². The number of benzene rings is 1. The van der Waals surface area contributed by atoms with Gasteiger partial charge in [0.15, 0.2) is 0 Å². The molecular weight excluding hydrogens is 284 g/mol. The molecule has 1 saturated heterocycles. The van der Waals surface area contributed by atoms with Gasteiger partial charge in [0, 0.05) is 12.6 Å². The number of hydrogen-bond donors (Lipinski definition) is 2. The minimum absolute atomic E-state index is 0.453. The summed E-state index contributed by atoms with van der Waals surface area (Å²) in [6.07, 6.45) is 3.18. The van der Waals surface area contributed by atoms with E-state index in [-0.39, 0.29) is 0 Å². The number of hydrogen-bond acceptors (Lipinski definition) is 3. The SMILES string of the molecule is Cc1cc(C)c(C)c(S(=O)(=O)NCC[C@H]2CCCN2)c1C. The Labute approximate surface area is 128 Å². The normalized spacial score (nSPS) is 19.1. The third-order valence-electron chi connectivity index (χ3n) is 4.51. The molecule has 0 spiro atoms. The lowest BCUT2D eigenvalue weighted by Crippen LogP contribution is -2.31. The van der Waals surface area contributed by atoms with Gasteiger partial charge in [-0.2, -0.15) is 0 Å². The van der Waals surface area contributed by atoms with Gasteiger partial charge in [0.2, 0.25) is 10.0 Å². The number of rotatable bonds is 5. The van der Waals surface area contributed by atoms with Crippen molar-refractivity contribution in [1.29, 1.82) is 0 Å². The van der Waals surface area contributed by atoms with E-state index in [1.165, 1.54) is 6.42 Å². The summed E-state index contributed by atoms with van der Waals surface area (Å²) in [7, 11) is -3.44. The van der Waals surface area contributed by atoms with Crippen LogP contribution in [0.1, 0.15) is 41.5 Å². The molecule has 0 radical (unpaired) electrons. The summed E-state index contributed by atoms with van der Waals surface area (Å²) in [5.41, 5.74) is 3.75. The number of aryl methyl sites for hydroxylation is 2. The zero-order valence-corrected chi connectivity index (χ0v) is 14.2. The van der Waals surface area contributed by atoms with Gasteiger partial charge in [-0.25, -0.2) is 13.1 Å². The standard InChI is InChI=1S/C16H26N2O2S/c1-11-10-12(2)14(4)16(13(11)3)21(19,20)18-9-7-15-6-5-8-17-15/h10,15,17-18H,5-9H2,1-4H3/t15-/m1/s1. The maximum atomic E-state index is 12.6. The maximum absolute atomic E-state index is 12.6. The first-order valence-corrected chi connectivity index (χ1v) is 9.11. The van der Waals surface area contributed by atoms with E-state index < -0.39 is 10.0 Å². The van der Waals surface area contributed by atoms with Gasteiger partial charge in [-0.1, -0.05) is 6.07 Å². The second-order valence-electron chi connectivity index (χ2n) is 6.07. The molecule has 4 nitrogen and oxygen atoms in total. The Morgan fingerprint density at radius 3 is 2.33 bits per heavy atom. The third-order valence-corrected chi connectivity index (χ3v) is 6.25. The van der Waals surface area contributed by atoms with E-state index in [0.717, 1.165) is 41.6 Å². The molecule has 2 rings (SSSR count). The molecular formula is C16H26N2O2S. The van der Waals surface area contributed by atoms with Gasteiger partial charge in [-0.3, -0.25) is 0 Å². The fraction of sp³-hybridized carbons (Fsp3) is 0.625. The summed E-state index contributed by atoms with van der Waals surface area (Å²) in [4.78, 5) is 0.458. The van der Waals surface area contributed by atoms with E-state index in [0.29, 0.717) is 17.5 Å². The molecule has 118 valence electrons. The summed E-state index contributed by atoms with van der Waals surface area (Å²) in [5.74, 6) is 0. The molecule has 0 aliphatic carbocycles. The summed E-state index contributed by atoms with van der Waals surface area (Å²) < 4.78 is 28.0. The van der Waals surface area contributed by atoms with Crippen LogP contribution < -0.4 is 10.0 Å². The Balaban J connectivity index is 2.15. The van der Waals surface area contributed by atoms with Crippen molar-refractivity contribution in [3.63, 3.8) is 0 Å². The van der Waals surface area contributed by atoms with Gasteiger partial charge >= 0.3 is 0 Å². The van der Waals surface area contributed by atoms with Crippen LogP contribution in [-0.2, 0) is 10.0 Å². The molecule has 0 aromatic heterocycles. The van der Waals surface area contributed by atoms with Crippen molar-refractivity contribution in [2.75, 3.05) is 13.1 Å². The Morgan fingerprint density at radius 2 is 1.81 bits per heavy atom. The highest BCUT2D eigenvalue weighted by Gasteiger charge is 2.22. The molecule has 1 aliphatic rings. The third kappa shape index (κ3) is 3.65. The smallest absolute Gasteiger partial charge is 0.241 e. The zero-order valence-electron chi connectivity index (χ0n) is 13.4. The van der Waals surface area contributed by atoms with Gasteiger partial charge in [0.25, 0.3) is 0 Å². The monoisotopic (exact) mass is 310 g/mol. The predicted octanol–water partition coefficient (Wildman–Crippen LogP) is 2.34. The molecule has 5 heteroatoms. The van der Waals surface area contributed by atoms with Crippen molar-refractivity contribution in [2.24, 2.45) is 0 Å². The summed E-state index contributed by atoms with van der Waals surface area (Å²) >= 11 is 0. The second-order valence-corrected chi connectivity index (χ2v) is 7.77. The van der Waals surface area contributed by atoms with E-state index in [4.69, 9.17) is 0 Å². The van der Waals surface area contributed by atoms with Gasteiger partial charge in [0.1, 0.15) is 0 Å². The molecule has 21 heavy (non-hydrogen) atoms. The highest BCUT2D eigenvalue weighted by atomic mass is 32.2. The van der Waals surface area contributed by atoms with Gasteiger partial charge in [-0.15, -0.1) is 0 Å². The molecule has 1 heterocycles. The first-order chi connectivity index (χ1) is 9.83. The van der Waals surface area contributed by atoms with Crippen molar-refractivity contribution in [3.8, 4) is 0 Å². The van der Waals surface area contributed by atoms with E-state index >= 15 is 0 Å². The van der Waals surface area contributed by atoms with Crippen molar-refractivity contribution in [2.45, 2.75) is 57.9 Å². The Morgan fingerprint density at radius 1 is 1.19 bits per heavy atom. The summed E-state index contributed by atoms with van der Waals surface area (Å²) in [6, 6.07) is 2.50. The van der Waals surface area contributed by atoms with Crippen LogP contribution in [0.5, 0.6) is 0 Å². The zero-order chi connectivity index (χ0) is 15.6. The Kier molecular flexibility index (Phi) is 5.07. The van der Waals surface area contributed by atoms with Crippen molar-refractivity contribution >= 4 is 10.0 Å². The summed E-state index contributed by atoms with van der Waals surface area (Å²) in [5, 5.41) is 3.39. The minimum atomic E-state index is -3.44. The average molecular weight is 310 g/mol. The Hall–Kier alpha value is -0.910. The van der Waals surface area contributed by atoms with Crippen LogP contribution in [0, 0.1) is 27.7 Å². The minimum Gasteiger partial charge on any atom is -0.314 e. The second kappa shape index (κ2) is 6.46. The van der Waals surface area contributed by atoms with Crippen molar-refractivity contribution in [1.82, 2.24) is 10.0 Å². The molecule has 1 aromatic carbocycles.